The lowest BCUT2D eigenvalue weighted by atomic mass is 10.0. The van der Waals surface area contributed by atoms with Crippen molar-refractivity contribution in [2.24, 2.45) is 0 Å². The van der Waals surface area contributed by atoms with E-state index < -0.39 is 5.82 Å². The van der Waals surface area contributed by atoms with Crippen LogP contribution in [0.1, 0.15) is 22.5 Å². The minimum atomic E-state index is -0.567. The Bertz CT molecular complexity index is 731. The highest BCUT2D eigenvalue weighted by Gasteiger charge is 2.28. The molecule has 0 aliphatic rings. The number of rotatable bonds is 9. The van der Waals surface area contributed by atoms with E-state index in [2.05, 4.69) is 5.16 Å². The molecule has 2 aromatic rings. The van der Waals surface area contributed by atoms with Crippen molar-refractivity contribution in [3.63, 3.8) is 0 Å². The summed E-state index contributed by atoms with van der Waals surface area (Å²) in [4.78, 5) is 14.7. The lowest BCUT2D eigenvalue weighted by Crippen LogP contribution is -2.35. The topological polar surface area (TPSA) is 64.8 Å². The number of aromatic nitrogens is 1. The predicted molar refractivity (Wildman–Crippen MR) is 95.9 cm³/mol. The van der Waals surface area contributed by atoms with Gasteiger partial charge in [-0.1, -0.05) is 22.8 Å². The molecule has 0 N–H and O–H groups in total. The first-order valence-corrected chi connectivity index (χ1v) is 8.56. The molecule has 0 spiro atoms. The summed E-state index contributed by atoms with van der Waals surface area (Å²) in [5, 5.41) is 4.05. The Balaban J connectivity index is 2.39. The molecule has 0 unspecified atom stereocenters. The Morgan fingerprint density at radius 1 is 1.27 bits per heavy atom. The molecule has 142 valence electrons. The van der Waals surface area contributed by atoms with E-state index in [4.69, 9.17) is 25.6 Å². The van der Waals surface area contributed by atoms with Gasteiger partial charge >= 0.3 is 0 Å². The molecule has 0 saturated heterocycles. The van der Waals surface area contributed by atoms with Crippen molar-refractivity contribution < 1.29 is 23.2 Å². The summed E-state index contributed by atoms with van der Waals surface area (Å²) >= 11 is 6.13. The molecular weight excluding hydrogens is 363 g/mol. The zero-order valence-corrected chi connectivity index (χ0v) is 15.8. The van der Waals surface area contributed by atoms with Crippen LogP contribution < -0.4 is 0 Å². The van der Waals surface area contributed by atoms with E-state index in [9.17, 15) is 9.18 Å². The molecule has 2 rings (SSSR count). The second kappa shape index (κ2) is 9.66. The monoisotopic (exact) mass is 384 g/mol. The highest BCUT2D eigenvalue weighted by atomic mass is 35.5. The molecule has 1 aromatic heterocycles. The van der Waals surface area contributed by atoms with E-state index in [0.29, 0.717) is 38.5 Å². The molecule has 0 aliphatic heterocycles. The molecule has 8 heteroatoms. The van der Waals surface area contributed by atoms with Crippen molar-refractivity contribution in [3.05, 3.63) is 40.4 Å². The molecule has 1 heterocycles. The molecule has 0 radical (unpaired) electrons. The maximum Gasteiger partial charge on any atom is 0.259 e. The van der Waals surface area contributed by atoms with Crippen LogP contribution in [0.5, 0.6) is 0 Å². The largest absolute Gasteiger partial charge is 0.385 e. The summed E-state index contributed by atoms with van der Waals surface area (Å²) in [5.41, 5.74) is 0.355. The maximum atomic E-state index is 14.3. The second-order valence-corrected chi connectivity index (χ2v) is 6.10. The Morgan fingerprint density at radius 2 is 2.00 bits per heavy atom. The maximum absolute atomic E-state index is 14.3. The van der Waals surface area contributed by atoms with Crippen molar-refractivity contribution in [3.8, 4) is 11.3 Å². The van der Waals surface area contributed by atoms with Gasteiger partial charge in [0.05, 0.1) is 17.2 Å². The van der Waals surface area contributed by atoms with Crippen LogP contribution in [-0.4, -0.2) is 56.5 Å². The van der Waals surface area contributed by atoms with E-state index >= 15 is 0 Å². The van der Waals surface area contributed by atoms with Gasteiger partial charge in [-0.15, -0.1) is 0 Å². The minimum Gasteiger partial charge on any atom is -0.385 e. The van der Waals surface area contributed by atoms with Crippen molar-refractivity contribution in [1.82, 2.24) is 10.1 Å². The van der Waals surface area contributed by atoms with E-state index in [1.165, 1.54) is 12.1 Å². The summed E-state index contributed by atoms with van der Waals surface area (Å²) in [6, 6.07) is 4.30. The predicted octanol–water partition coefficient (Wildman–Crippen LogP) is 3.57. The number of amides is 1. The number of nitrogens with zero attached hydrogens (tertiary/aromatic N) is 2. The molecule has 26 heavy (non-hydrogen) atoms. The average Bonchev–Trinajstić information content (AvgIpc) is 2.98. The van der Waals surface area contributed by atoms with Crippen LogP contribution in [0.2, 0.25) is 5.02 Å². The van der Waals surface area contributed by atoms with Crippen molar-refractivity contribution in [2.45, 2.75) is 13.3 Å². The van der Waals surface area contributed by atoms with Crippen molar-refractivity contribution in [1.29, 1.82) is 0 Å². The Hall–Kier alpha value is -1.96. The van der Waals surface area contributed by atoms with Gasteiger partial charge in [-0.2, -0.15) is 0 Å². The SMILES string of the molecule is COCCCN(CCOC)C(=O)c1c(-c2c(F)cccc2Cl)noc1C. The van der Waals surface area contributed by atoms with E-state index in [1.54, 1.807) is 32.1 Å². The smallest absolute Gasteiger partial charge is 0.259 e. The van der Waals surface area contributed by atoms with Gasteiger partial charge in [0, 0.05) is 33.9 Å². The highest BCUT2D eigenvalue weighted by Crippen LogP contribution is 2.34. The van der Waals surface area contributed by atoms with Crippen molar-refractivity contribution in [2.75, 3.05) is 40.5 Å². The van der Waals surface area contributed by atoms with Crippen LogP contribution in [0, 0.1) is 12.7 Å². The zero-order chi connectivity index (χ0) is 19.1. The fraction of sp³-hybridized carbons (Fsp3) is 0.444. The number of ether oxygens (including phenoxy) is 2. The number of hydrogen-bond acceptors (Lipinski definition) is 5. The van der Waals surface area contributed by atoms with Gasteiger partial charge < -0.3 is 18.9 Å². The summed E-state index contributed by atoms with van der Waals surface area (Å²) in [7, 11) is 3.16. The van der Waals surface area contributed by atoms with Crippen LogP contribution in [0.4, 0.5) is 4.39 Å². The highest BCUT2D eigenvalue weighted by molar-refractivity contribution is 6.33. The van der Waals surface area contributed by atoms with E-state index in [-0.39, 0.29) is 27.8 Å². The molecule has 6 nitrogen and oxygen atoms in total. The molecule has 0 aliphatic carbocycles. The van der Waals surface area contributed by atoms with Gasteiger partial charge in [0.15, 0.2) is 0 Å². The normalized spacial score (nSPS) is 11.0. The van der Waals surface area contributed by atoms with Gasteiger partial charge in [-0.3, -0.25) is 4.79 Å². The summed E-state index contributed by atoms with van der Waals surface area (Å²) in [6.07, 6.45) is 0.659. The number of carbonyl (C=O) groups excluding carboxylic acids is 1. The molecule has 0 bridgehead atoms. The number of halogens is 2. The summed E-state index contributed by atoms with van der Waals surface area (Å²) < 4.78 is 29.6. The quantitative estimate of drug-likeness (QED) is 0.618. The van der Waals surface area contributed by atoms with Crippen LogP contribution in [0.15, 0.2) is 22.7 Å². The van der Waals surface area contributed by atoms with Gasteiger partial charge in [-0.05, 0) is 25.5 Å². The van der Waals surface area contributed by atoms with Crippen LogP contribution >= 0.6 is 11.6 Å². The lowest BCUT2D eigenvalue weighted by molar-refractivity contribution is 0.0673. The average molecular weight is 385 g/mol. The summed E-state index contributed by atoms with van der Waals surface area (Å²) in [6.45, 7) is 3.35. The fourth-order valence-electron chi connectivity index (χ4n) is 2.59. The van der Waals surface area contributed by atoms with Crippen LogP contribution in [0.25, 0.3) is 11.3 Å². The number of hydrogen-bond donors (Lipinski definition) is 0. The van der Waals surface area contributed by atoms with Crippen LogP contribution in [0.3, 0.4) is 0 Å². The summed E-state index contributed by atoms with van der Waals surface area (Å²) in [5.74, 6) is -0.577. The minimum absolute atomic E-state index is 0.0537. The van der Waals surface area contributed by atoms with E-state index in [0.717, 1.165) is 0 Å². The van der Waals surface area contributed by atoms with Gasteiger partial charge in [0.1, 0.15) is 22.8 Å². The third kappa shape index (κ3) is 4.60. The first kappa shape index (κ1) is 20.4. The van der Waals surface area contributed by atoms with Crippen molar-refractivity contribution >= 4 is 17.5 Å². The van der Waals surface area contributed by atoms with Gasteiger partial charge in [0.2, 0.25) is 0 Å². The standard InChI is InChI=1S/C18H22ClFN2O4/c1-12-15(18(23)22(9-11-25-3)8-5-10-24-2)17(21-26-12)16-13(19)6-4-7-14(16)20/h4,6-7H,5,8-11H2,1-3H3. The second-order valence-electron chi connectivity index (χ2n) is 5.69. The fourth-order valence-corrected chi connectivity index (χ4v) is 2.85. The molecular formula is C18H22ClFN2O4. The Morgan fingerprint density at radius 3 is 2.65 bits per heavy atom. The number of benzene rings is 1. The zero-order valence-electron chi connectivity index (χ0n) is 15.1. The number of aryl methyl sites for hydroxylation is 1. The molecule has 1 amide bonds. The first-order valence-electron chi connectivity index (χ1n) is 8.19. The Kier molecular flexibility index (Phi) is 7.56. The molecule has 0 saturated carbocycles. The van der Waals surface area contributed by atoms with Crippen LogP contribution in [-0.2, 0) is 9.47 Å². The molecule has 0 fully saturated rings. The first-order chi connectivity index (χ1) is 12.5. The molecule has 0 atom stereocenters. The number of carbonyl (C=O) groups is 1. The number of methoxy groups -OCH3 is 2. The third-order valence-corrected chi connectivity index (χ3v) is 4.22. The lowest BCUT2D eigenvalue weighted by Gasteiger charge is -2.22. The van der Waals surface area contributed by atoms with E-state index in [1.807, 2.05) is 0 Å². The Labute approximate surface area is 156 Å². The van der Waals surface area contributed by atoms with Gasteiger partial charge in [0.25, 0.3) is 5.91 Å². The third-order valence-electron chi connectivity index (χ3n) is 3.91. The van der Waals surface area contributed by atoms with Gasteiger partial charge in [-0.25, -0.2) is 4.39 Å². The molecule has 1 aromatic carbocycles.